The topological polar surface area (TPSA) is 26.0 Å². The molecular weight excluding hydrogens is 405 g/mol. The molecule has 0 aliphatic carbocycles. The fourth-order valence-corrected chi connectivity index (χ4v) is 3.46. The number of para-hydroxylation sites is 2. The van der Waals surface area contributed by atoms with Crippen LogP contribution >= 0.6 is 43.5 Å². The number of fused-ring (bicyclic) bond motifs is 1. The lowest BCUT2D eigenvalue weighted by molar-refractivity contribution is 0.527. The van der Waals surface area contributed by atoms with E-state index in [1.165, 1.54) is 0 Å². The Morgan fingerprint density at radius 2 is 1.95 bits per heavy atom. The van der Waals surface area contributed by atoms with Gasteiger partial charge < -0.3 is 4.42 Å². The molecule has 0 N–H and O–H groups in total. The standard InChI is InChI=1S/C15H10Br2ClNO/c16-10-5-3-4-9(15(10)18)11(17)8-14-19-12-6-1-2-7-13(12)20-14/h1-7,11H,8H2. The van der Waals surface area contributed by atoms with Gasteiger partial charge in [-0.25, -0.2) is 4.98 Å². The maximum atomic E-state index is 6.31. The first-order valence-corrected chi connectivity index (χ1v) is 8.16. The molecular formula is C15H10Br2ClNO. The molecule has 3 rings (SSSR count). The van der Waals surface area contributed by atoms with E-state index in [-0.39, 0.29) is 4.83 Å². The highest BCUT2D eigenvalue weighted by atomic mass is 79.9. The van der Waals surface area contributed by atoms with Crippen molar-refractivity contribution in [3.05, 3.63) is 63.4 Å². The van der Waals surface area contributed by atoms with Crippen LogP contribution in [0.3, 0.4) is 0 Å². The van der Waals surface area contributed by atoms with Crippen LogP contribution in [0.1, 0.15) is 16.3 Å². The lowest BCUT2D eigenvalue weighted by Crippen LogP contribution is -1.97. The van der Waals surface area contributed by atoms with E-state index >= 15 is 0 Å². The van der Waals surface area contributed by atoms with Gasteiger partial charge in [0.2, 0.25) is 0 Å². The molecule has 0 saturated carbocycles. The summed E-state index contributed by atoms with van der Waals surface area (Å²) in [6.45, 7) is 0. The van der Waals surface area contributed by atoms with Gasteiger partial charge in [0.05, 0.1) is 5.02 Å². The van der Waals surface area contributed by atoms with Gasteiger partial charge in [0.25, 0.3) is 0 Å². The van der Waals surface area contributed by atoms with Gasteiger partial charge in [0.1, 0.15) is 5.52 Å². The first-order valence-electron chi connectivity index (χ1n) is 6.07. The van der Waals surface area contributed by atoms with Crippen molar-refractivity contribution in [1.82, 2.24) is 4.98 Å². The quantitative estimate of drug-likeness (QED) is 0.496. The van der Waals surface area contributed by atoms with Crippen molar-refractivity contribution < 1.29 is 4.42 Å². The van der Waals surface area contributed by atoms with E-state index < -0.39 is 0 Å². The molecule has 0 amide bonds. The van der Waals surface area contributed by atoms with Crippen molar-refractivity contribution in [1.29, 1.82) is 0 Å². The third-order valence-corrected chi connectivity index (χ3v) is 5.14. The zero-order valence-corrected chi connectivity index (χ0v) is 14.2. The fourth-order valence-electron chi connectivity index (χ4n) is 2.03. The van der Waals surface area contributed by atoms with Crippen LogP contribution in [0.4, 0.5) is 0 Å². The summed E-state index contributed by atoms with van der Waals surface area (Å²) in [5.41, 5.74) is 2.70. The molecule has 5 heteroatoms. The van der Waals surface area contributed by atoms with Crippen LogP contribution in [-0.2, 0) is 6.42 Å². The second kappa shape index (κ2) is 5.88. The van der Waals surface area contributed by atoms with Gasteiger partial charge in [0, 0.05) is 15.7 Å². The SMILES string of the molecule is Clc1c(Br)cccc1C(Br)Cc1nc2ccccc2o1. The van der Waals surface area contributed by atoms with Crippen molar-refractivity contribution in [2.75, 3.05) is 0 Å². The molecule has 0 saturated heterocycles. The summed E-state index contributed by atoms with van der Waals surface area (Å²) in [7, 11) is 0. The van der Waals surface area contributed by atoms with E-state index in [0.29, 0.717) is 17.3 Å². The molecule has 2 aromatic carbocycles. The molecule has 102 valence electrons. The zero-order valence-electron chi connectivity index (χ0n) is 10.3. The average molecular weight is 416 g/mol. The van der Waals surface area contributed by atoms with Crippen LogP contribution in [0.15, 0.2) is 51.4 Å². The fraction of sp³-hybridized carbons (Fsp3) is 0.133. The first kappa shape index (κ1) is 14.1. The number of alkyl halides is 1. The first-order chi connectivity index (χ1) is 9.65. The minimum Gasteiger partial charge on any atom is -0.441 e. The average Bonchev–Trinajstić information content (AvgIpc) is 2.83. The van der Waals surface area contributed by atoms with Crippen LogP contribution in [0, 0.1) is 0 Å². The van der Waals surface area contributed by atoms with Crippen molar-refractivity contribution in [3.8, 4) is 0 Å². The maximum absolute atomic E-state index is 6.31. The summed E-state index contributed by atoms with van der Waals surface area (Å²) in [6, 6.07) is 13.6. The van der Waals surface area contributed by atoms with E-state index in [1.54, 1.807) is 0 Å². The number of halogens is 3. The van der Waals surface area contributed by atoms with Gasteiger partial charge >= 0.3 is 0 Å². The zero-order chi connectivity index (χ0) is 14.1. The third-order valence-electron chi connectivity index (χ3n) is 3.01. The molecule has 1 heterocycles. The number of hydrogen-bond donors (Lipinski definition) is 0. The highest BCUT2D eigenvalue weighted by molar-refractivity contribution is 9.10. The van der Waals surface area contributed by atoms with Crippen LogP contribution < -0.4 is 0 Å². The number of aromatic nitrogens is 1. The van der Waals surface area contributed by atoms with Crippen molar-refractivity contribution >= 4 is 54.6 Å². The lowest BCUT2D eigenvalue weighted by atomic mass is 10.1. The molecule has 0 radical (unpaired) electrons. The monoisotopic (exact) mass is 413 g/mol. The van der Waals surface area contributed by atoms with E-state index in [9.17, 15) is 0 Å². The van der Waals surface area contributed by atoms with Gasteiger partial charge in [-0.15, -0.1) is 0 Å². The Hall–Kier alpha value is -0.840. The minimum absolute atomic E-state index is 0.0561. The molecule has 1 aromatic heterocycles. The Balaban J connectivity index is 1.88. The Kier molecular flexibility index (Phi) is 4.15. The molecule has 0 fully saturated rings. The molecule has 3 aromatic rings. The molecule has 0 spiro atoms. The number of rotatable bonds is 3. The van der Waals surface area contributed by atoms with Crippen LogP contribution in [0.5, 0.6) is 0 Å². The maximum Gasteiger partial charge on any atom is 0.196 e. The normalized spacial score (nSPS) is 12.8. The number of benzene rings is 2. The predicted molar refractivity (Wildman–Crippen MR) is 88.5 cm³/mol. The van der Waals surface area contributed by atoms with Gasteiger partial charge in [-0.05, 0) is 39.7 Å². The number of hydrogen-bond acceptors (Lipinski definition) is 2. The number of oxazole rings is 1. The smallest absolute Gasteiger partial charge is 0.196 e. The van der Waals surface area contributed by atoms with Crippen LogP contribution in [-0.4, -0.2) is 4.98 Å². The van der Waals surface area contributed by atoms with E-state index in [4.69, 9.17) is 16.0 Å². The summed E-state index contributed by atoms with van der Waals surface area (Å²) in [5, 5.41) is 0.713. The van der Waals surface area contributed by atoms with E-state index in [2.05, 4.69) is 36.8 Å². The molecule has 2 nitrogen and oxygen atoms in total. The summed E-state index contributed by atoms with van der Waals surface area (Å²) in [4.78, 5) is 4.53. The molecule has 0 bridgehead atoms. The molecule has 0 aliphatic heterocycles. The summed E-state index contributed by atoms with van der Waals surface area (Å²) < 4.78 is 6.62. The van der Waals surface area contributed by atoms with Gasteiger partial charge in [0.15, 0.2) is 11.5 Å². The number of nitrogens with zero attached hydrogens (tertiary/aromatic N) is 1. The molecule has 20 heavy (non-hydrogen) atoms. The van der Waals surface area contributed by atoms with Gasteiger partial charge in [-0.2, -0.15) is 0 Å². The summed E-state index contributed by atoms with van der Waals surface area (Å²) >= 11 is 13.4. The highest BCUT2D eigenvalue weighted by Crippen LogP contribution is 2.36. The molecule has 1 atom stereocenters. The largest absolute Gasteiger partial charge is 0.441 e. The Bertz CT molecular complexity index is 723. The van der Waals surface area contributed by atoms with Crippen molar-refractivity contribution in [2.45, 2.75) is 11.2 Å². The summed E-state index contributed by atoms with van der Waals surface area (Å²) in [5.74, 6) is 0.698. The summed E-state index contributed by atoms with van der Waals surface area (Å²) in [6.07, 6.45) is 0.644. The predicted octanol–water partition coefficient (Wildman–Crippen LogP) is 5.92. The third kappa shape index (κ3) is 2.78. The Morgan fingerprint density at radius 1 is 1.15 bits per heavy atom. The Labute approximate surface area is 138 Å². The minimum atomic E-state index is 0.0561. The van der Waals surface area contributed by atoms with Crippen molar-refractivity contribution in [2.24, 2.45) is 0 Å². The molecule has 1 unspecified atom stereocenters. The van der Waals surface area contributed by atoms with Gasteiger partial charge in [-0.1, -0.05) is 51.8 Å². The van der Waals surface area contributed by atoms with Crippen molar-refractivity contribution in [3.63, 3.8) is 0 Å². The second-order valence-electron chi connectivity index (χ2n) is 4.39. The molecule has 0 aliphatic rings. The van der Waals surface area contributed by atoms with E-state index in [0.717, 1.165) is 21.1 Å². The highest BCUT2D eigenvalue weighted by Gasteiger charge is 2.17. The van der Waals surface area contributed by atoms with Crippen LogP contribution in [0.2, 0.25) is 5.02 Å². The van der Waals surface area contributed by atoms with Gasteiger partial charge in [-0.3, -0.25) is 0 Å². The lowest BCUT2D eigenvalue weighted by Gasteiger charge is -2.10. The Morgan fingerprint density at radius 3 is 2.75 bits per heavy atom. The van der Waals surface area contributed by atoms with E-state index in [1.807, 2.05) is 42.5 Å². The van der Waals surface area contributed by atoms with Crippen LogP contribution in [0.25, 0.3) is 11.1 Å². The second-order valence-corrected chi connectivity index (χ2v) is 6.73.